The minimum absolute atomic E-state index is 0.00698. The molecule has 0 saturated heterocycles. The van der Waals surface area contributed by atoms with Crippen molar-refractivity contribution in [3.05, 3.63) is 65.0 Å². The summed E-state index contributed by atoms with van der Waals surface area (Å²) in [7, 11) is 1.70. The molecular formula is C27H33N5O3. The van der Waals surface area contributed by atoms with Crippen LogP contribution in [0.15, 0.2) is 53.9 Å². The highest BCUT2D eigenvalue weighted by atomic mass is 16.5. The molecule has 1 fully saturated rings. The molecule has 2 aromatic rings. The average molecular weight is 476 g/mol. The number of carbonyl (C=O) groups excluding carboxylic acids is 1. The number of allylic oxidation sites excluding steroid dienone is 6. The lowest BCUT2D eigenvalue weighted by molar-refractivity contribution is 0.0740. The van der Waals surface area contributed by atoms with Gasteiger partial charge in [0.25, 0.3) is 5.91 Å². The molecule has 35 heavy (non-hydrogen) atoms. The van der Waals surface area contributed by atoms with Crippen LogP contribution in [0.1, 0.15) is 62.4 Å². The van der Waals surface area contributed by atoms with Gasteiger partial charge in [0.2, 0.25) is 5.88 Å². The number of nitrogens with one attached hydrogen (secondary N) is 1. The molecule has 0 bridgehead atoms. The summed E-state index contributed by atoms with van der Waals surface area (Å²) in [6.07, 6.45) is 12.7. The van der Waals surface area contributed by atoms with E-state index in [1.54, 1.807) is 50.6 Å². The van der Waals surface area contributed by atoms with Crippen LogP contribution in [-0.4, -0.2) is 46.0 Å². The fourth-order valence-electron chi connectivity index (χ4n) is 4.42. The highest BCUT2D eigenvalue weighted by molar-refractivity contribution is 5.94. The van der Waals surface area contributed by atoms with Crippen molar-refractivity contribution in [3.63, 3.8) is 0 Å². The highest BCUT2D eigenvalue weighted by Gasteiger charge is 2.34. The number of hydrogen-bond acceptors (Lipinski definition) is 6. The van der Waals surface area contributed by atoms with E-state index in [4.69, 9.17) is 10.00 Å². The molecule has 2 N–H and O–H groups in total. The summed E-state index contributed by atoms with van der Waals surface area (Å²) >= 11 is 0. The van der Waals surface area contributed by atoms with E-state index in [-0.39, 0.29) is 17.2 Å². The predicted octanol–water partition coefficient (Wildman–Crippen LogP) is 4.73. The first kappa shape index (κ1) is 25.9. The molecular weight excluding hydrogens is 442 g/mol. The molecule has 2 heterocycles. The molecule has 2 aromatic heterocycles. The fraction of sp³-hybridized carbons (Fsp3) is 0.407. The van der Waals surface area contributed by atoms with Gasteiger partial charge in [-0.15, -0.1) is 0 Å². The molecule has 0 aromatic carbocycles. The number of aromatic hydroxyl groups is 1. The van der Waals surface area contributed by atoms with Crippen molar-refractivity contribution in [1.82, 2.24) is 20.1 Å². The second-order valence-electron chi connectivity index (χ2n) is 9.12. The van der Waals surface area contributed by atoms with Gasteiger partial charge in [-0.2, -0.15) is 15.0 Å². The third-order valence-corrected chi connectivity index (χ3v) is 6.41. The van der Waals surface area contributed by atoms with E-state index in [0.29, 0.717) is 35.7 Å². The quantitative estimate of drug-likeness (QED) is 0.400. The Bertz CT molecular complexity index is 1170. The van der Waals surface area contributed by atoms with Gasteiger partial charge in [-0.25, -0.2) is 4.98 Å². The zero-order chi connectivity index (χ0) is 25.4. The van der Waals surface area contributed by atoms with Crippen molar-refractivity contribution >= 4 is 11.5 Å². The van der Waals surface area contributed by atoms with Gasteiger partial charge < -0.3 is 15.2 Å². The molecule has 0 aliphatic heterocycles. The maximum Gasteiger partial charge on any atom is 0.252 e. The minimum atomic E-state index is -0.189. The second-order valence-corrected chi connectivity index (χ2v) is 9.12. The molecule has 0 spiro atoms. The summed E-state index contributed by atoms with van der Waals surface area (Å²) in [5.74, 6) is 0.128. The number of methoxy groups -OCH3 is 1. The smallest absolute Gasteiger partial charge is 0.252 e. The molecule has 8 heteroatoms. The summed E-state index contributed by atoms with van der Waals surface area (Å²) in [5, 5.41) is 27.3. The van der Waals surface area contributed by atoms with Crippen LogP contribution in [0.3, 0.4) is 0 Å². The van der Waals surface area contributed by atoms with Crippen LogP contribution in [0, 0.1) is 16.7 Å². The van der Waals surface area contributed by atoms with Gasteiger partial charge in [0, 0.05) is 30.8 Å². The van der Waals surface area contributed by atoms with Gasteiger partial charge in [0.15, 0.2) is 5.82 Å². The monoisotopic (exact) mass is 475 g/mol. The van der Waals surface area contributed by atoms with E-state index in [9.17, 15) is 9.90 Å². The Morgan fingerprint density at radius 1 is 1.29 bits per heavy atom. The molecule has 1 aliphatic rings. The van der Waals surface area contributed by atoms with Crippen molar-refractivity contribution in [3.8, 4) is 17.8 Å². The van der Waals surface area contributed by atoms with Crippen LogP contribution in [0.5, 0.6) is 5.88 Å². The number of nitrogens with zero attached hydrogens (tertiary/aromatic N) is 4. The Labute approximate surface area is 206 Å². The number of nitriles is 1. The van der Waals surface area contributed by atoms with Crippen LogP contribution >= 0.6 is 0 Å². The first-order chi connectivity index (χ1) is 16.8. The first-order valence-corrected chi connectivity index (χ1v) is 11.8. The minimum Gasteiger partial charge on any atom is -0.493 e. The van der Waals surface area contributed by atoms with Crippen molar-refractivity contribution < 1.29 is 14.6 Å². The van der Waals surface area contributed by atoms with E-state index in [2.05, 4.69) is 21.5 Å². The maximum atomic E-state index is 12.7. The lowest BCUT2D eigenvalue weighted by atomic mass is 9.87. The molecule has 8 nitrogen and oxygen atoms in total. The SMILES string of the molecule is C/C=C(C#N)\C=C/C(=C(C)C)c1cnn(-c2ccc(C(=O)NCC3(COC)CCCC3)cn2)c1O. The van der Waals surface area contributed by atoms with Gasteiger partial charge in [-0.1, -0.05) is 30.6 Å². The van der Waals surface area contributed by atoms with Crippen molar-refractivity contribution in [2.45, 2.75) is 46.5 Å². The summed E-state index contributed by atoms with van der Waals surface area (Å²) in [5.41, 5.74) is 3.21. The average Bonchev–Trinajstić information content (AvgIpc) is 3.48. The van der Waals surface area contributed by atoms with Gasteiger partial charge in [-0.05, 0) is 57.4 Å². The summed E-state index contributed by atoms with van der Waals surface area (Å²) in [6.45, 7) is 6.85. The van der Waals surface area contributed by atoms with Crippen molar-refractivity contribution in [2.75, 3.05) is 20.3 Å². The molecule has 0 radical (unpaired) electrons. The number of hydrogen-bond donors (Lipinski definition) is 2. The van der Waals surface area contributed by atoms with Gasteiger partial charge in [0.05, 0.1) is 30.0 Å². The second kappa shape index (κ2) is 11.6. The first-order valence-electron chi connectivity index (χ1n) is 11.8. The topological polar surface area (TPSA) is 113 Å². The Balaban J connectivity index is 1.76. The number of ether oxygens (including phenoxy) is 1. The summed E-state index contributed by atoms with van der Waals surface area (Å²) in [6, 6.07) is 5.43. The molecule has 0 atom stereocenters. The number of carbonyl (C=O) groups is 1. The molecule has 1 aliphatic carbocycles. The Hall–Kier alpha value is -3.70. The summed E-state index contributed by atoms with van der Waals surface area (Å²) < 4.78 is 6.71. The van der Waals surface area contributed by atoms with Crippen LogP contribution < -0.4 is 5.32 Å². The van der Waals surface area contributed by atoms with Crippen LogP contribution in [0.25, 0.3) is 11.4 Å². The van der Waals surface area contributed by atoms with E-state index >= 15 is 0 Å². The number of pyridine rings is 1. The molecule has 1 saturated carbocycles. The lowest BCUT2D eigenvalue weighted by Gasteiger charge is -2.28. The maximum absolute atomic E-state index is 12.7. The van der Waals surface area contributed by atoms with E-state index in [0.717, 1.165) is 36.8 Å². The van der Waals surface area contributed by atoms with Gasteiger partial charge in [-0.3, -0.25) is 4.79 Å². The largest absolute Gasteiger partial charge is 0.493 e. The van der Waals surface area contributed by atoms with Crippen LogP contribution in [0.2, 0.25) is 0 Å². The molecule has 3 rings (SSSR count). The number of aromatic nitrogens is 3. The standard InChI is InChI=1S/C27H33N5O3/c1-5-20(14-28)8-10-22(19(2)3)23-16-31-32(26(23)34)24-11-9-21(15-29-24)25(33)30-17-27(18-35-4)12-6-7-13-27/h5,8-11,15-16,34H,6-7,12-13,17-18H2,1-4H3,(H,30,33)/b10-8-,20-5+. The molecule has 184 valence electrons. The predicted molar refractivity (Wildman–Crippen MR) is 135 cm³/mol. The Morgan fingerprint density at radius 2 is 2.03 bits per heavy atom. The van der Waals surface area contributed by atoms with Crippen molar-refractivity contribution in [2.24, 2.45) is 5.41 Å². The zero-order valence-corrected chi connectivity index (χ0v) is 20.8. The fourth-order valence-corrected chi connectivity index (χ4v) is 4.42. The third kappa shape index (κ3) is 6.06. The van der Waals surface area contributed by atoms with Crippen LogP contribution in [0.4, 0.5) is 0 Å². The highest BCUT2D eigenvalue weighted by Crippen LogP contribution is 2.37. The number of rotatable bonds is 9. The van der Waals surface area contributed by atoms with E-state index in [1.807, 2.05) is 13.8 Å². The third-order valence-electron chi connectivity index (χ3n) is 6.41. The zero-order valence-electron chi connectivity index (χ0n) is 20.8. The normalized spacial score (nSPS) is 15.2. The van der Waals surface area contributed by atoms with E-state index < -0.39 is 0 Å². The van der Waals surface area contributed by atoms with Gasteiger partial charge >= 0.3 is 0 Å². The summed E-state index contributed by atoms with van der Waals surface area (Å²) in [4.78, 5) is 17.1. The number of amides is 1. The lowest BCUT2D eigenvalue weighted by Crippen LogP contribution is -2.38. The Morgan fingerprint density at radius 3 is 2.60 bits per heavy atom. The van der Waals surface area contributed by atoms with Crippen LogP contribution in [-0.2, 0) is 4.74 Å². The molecule has 1 amide bonds. The molecule has 0 unspecified atom stereocenters. The van der Waals surface area contributed by atoms with Gasteiger partial charge in [0.1, 0.15) is 0 Å². The van der Waals surface area contributed by atoms with E-state index in [1.165, 1.54) is 10.9 Å². The Kier molecular flexibility index (Phi) is 8.61. The van der Waals surface area contributed by atoms with Crippen molar-refractivity contribution in [1.29, 1.82) is 5.26 Å².